The second-order valence-electron chi connectivity index (χ2n) is 8.59. The van der Waals surface area contributed by atoms with E-state index in [-0.39, 0.29) is 45.1 Å². The zero-order valence-corrected chi connectivity index (χ0v) is 19.5. The molecule has 0 aliphatic carbocycles. The number of pyridine rings is 1. The molecule has 198 valence electrons. The first-order chi connectivity index (χ1) is 17.8. The number of nitrogens with zero attached hydrogens (tertiary/aromatic N) is 5. The topological polar surface area (TPSA) is 140 Å². The number of fused-ring (bicyclic) bond motifs is 1. The van der Waals surface area contributed by atoms with Crippen LogP contribution in [0.5, 0.6) is 5.75 Å². The molecule has 0 radical (unpaired) electrons. The highest BCUT2D eigenvalue weighted by Crippen LogP contribution is 2.43. The van der Waals surface area contributed by atoms with Crippen LogP contribution >= 0.6 is 0 Å². The van der Waals surface area contributed by atoms with Gasteiger partial charge in [-0.05, 0) is 6.07 Å². The van der Waals surface area contributed by atoms with Crippen molar-refractivity contribution < 1.29 is 41.1 Å². The molecule has 1 amide bonds. The number of aromatic nitrogens is 4. The molecule has 1 aliphatic heterocycles. The molecule has 1 aromatic carbocycles. The number of halogens is 5. The number of rotatable bonds is 4. The molecule has 3 aromatic heterocycles. The number of benzene rings is 1. The van der Waals surface area contributed by atoms with Gasteiger partial charge in [-0.15, -0.1) is 0 Å². The molecule has 4 aromatic rings. The van der Waals surface area contributed by atoms with E-state index in [0.717, 1.165) is 19.2 Å². The van der Waals surface area contributed by atoms with E-state index >= 15 is 0 Å². The third kappa shape index (κ3) is 3.86. The third-order valence-electron chi connectivity index (χ3n) is 6.34. The molecular formula is C23H17F5N6O4. The number of nitrogens with two attached hydrogens (primary N) is 1. The number of likely N-dealkylation sites (N-methyl/N-ethyl adjacent to an activating group) is 1. The first-order valence-electron chi connectivity index (χ1n) is 10.8. The number of methoxy groups -OCH3 is 1. The summed E-state index contributed by atoms with van der Waals surface area (Å²) in [6.45, 7) is 0. The fraction of sp³-hybridized carbons (Fsp3) is 0.261. The Kier molecular flexibility index (Phi) is 5.70. The molecule has 0 saturated carbocycles. The summed E-state index contributed by atoms with van der Waals surface area (Å²) in [5.41, 5.74) is 2.63. The predicted molar refractivity (Wildman–Crippen MR) is 120 cm³/mol. The second kappa shape index (κ2) is 8.58. The van der Waals surface area contributed by atoms with Crippen LogP contribution in [0.1, 0.15) is 12.2 Å². The molecule has 38 heavy (non-hydrogen) atoms. The van der Waals surface area contributed by atoms with E-state index in [1.54, 1.807) is 0 Å². The summed E-state index contributed by atoms with van der Waals surface area (Å²) in [6, 6.07) is 1.57. The standard InChI is InChI=1S/C23H17F5N6O4/c1-34-16(23(26,27)28)7-22(36,21(34)35)17-6-14(33-38-17)10-3-9(11(24)4-12(10)25)13-5-15(37-2)18-19(32-13)20(29)31-8-30-18/h3-6,8,16,36H,7H2,1-2H3,(H2,29,30,31)/t16-,22+/m0/s1. The van der Waals surface area contributed by atoms with Crippen LogP contribution in [0.2, 0.25) is 0 Å². The molecule has 0 unspecified atom stereocenters. The Hall–Kier alpha value is -4.40. The van der Waals surface area contributed by atoms with Crippen molar-refractivity contribution in [3.63, 3.8) is 0 Å². The highest BCUT2D eigenvalue weighted by Gasteiger charge is 2.60. The van der Waals surface area contributed by atoms with E-state index < -0.39 is 47.5 Å². The van der Waals surface area contributed by atoms with Crippen molar-refractivity contribution >= 4 is 22.8 Å². The first kappa shape index (κ1) is 25.3. The van der Waals surface area contributed by atoms with Crippen LogP contribution in [-0.2, 0) is 10.4 Å². The quantitative estimate of drug-likeness (QED) is 0.376. The van der Waals surface area contributed by atoms with Crippen molar-refractivity contribution in [1.82, 2.24) is 25.0 Å². The van der Waals surface area contributed by atoms with Gasteiger partial charge in [0.25, 0.3) is 5.91 Å². The van der Waals surface area contributed by atoms with E-state index in [2.05, 4.69) is 20.1 Å². The maximum Gasteiger partial charge on any atom is 0.408 e. The highest BCUT2D eigenvalue weighted by molar-refractivity contribution is 5.91. The van der Waals surface area contributed by atoms with E-state index in [1.165, 1.54) is 19.5 Å². The van der Waals surface area contributed by atoms with Crippen molar-refractivity contribution in [2.75, 3.05) is 19.9 Å². The molecule has 10 nitrogen and oxygen atoms in total. The van der Waals surface area contributed by atoms with Crippen LogP contribution in [0.4, 0.5) is 27.8 Å². The lowest BCUT2D eigenvalue weighted by atomic mass is 9.95. The predicted octanol–water partition coefficient (Wildman–Crippen LogP) is 3.20. The van der Waals surface area contributed by atoms with Crippen molar-refractivity contribution in [3.05, 3.63) is 48.0 Å². The molecule has 1 saturated heterocycles. The second-order valence-corrected chi connectivity index (χ2v) is 8.59. The number of ether oxygens (including phenoxy) is 1. The van der Waals surface area contributed by atoms with Crippen LogP contribution in [0.3, 0.4) is 0 Å². The van der Waals surface area contributed by atoms with Crippen LogP contribution in [0.15, 0.2) is 35.1 Å². The lowest BCUT2D eigenvalue weighted by Crippen LogP contribution is -2.41. The van der Waals surface area contributed by atoms with Crippen molar-refractivity contribution in [3.8, 4) is 28.3 Å². The summed E-state index contributed by atoms with van der Waals surface area (Å²) in [7, 11) is 2.24. The highest BCUT2D eigenvalue weighted by atomic mass is 19.4. The largest absolute Gasteiger partial charge is 0.494 e. The Morgan fingerprint density at radius 2 is 1.79 bits per heavy atom. The maximum absolute atomic E-state index is 14.9. The third-order valence-corrected chi connectivity index (χ3v) is 6.34. The Morgan fingerprint density at radius 3 is 2.42 bits per heavy atom. The summed E-state index contributed by atoms with van der Waals surface area (Å²) in [6.07, 6.45) is -4.67. The van der Waals surface area contributed by atoms with E-state index in [4.69, 9.17) is 15.0 Å². The zero-order valence-electron chi connectivity index (χ0n) is 19.5. The van der Waals surface area contributed by atoms with E-state index in [0.29, 0.717) is 11.0 Å². The van der Waals surface area contributed by atoms with E-state index in [1.807, 2.05) is 0 Å². The molecule has 0 spiro atoms. The number of amides is 1. The average molecular weight is 536 g/mol. The van der Waals surface area contributed by atoms with E-state index in [9.17, 15) is 31.9 Å². The van der Waals surface area contributed by atoms with Gasteiger partial charge in [-0.2, -0.15) is 13.2 Å². The molecule has 15 heteroatoms. The molecule has 5 rings (SSSR count). The molecule has 1 aliphatic rings. The Labute approximate surface area is 209 Å². The van der Waals surface area contributed by atoms with Gasteiger partial charge in [-0.1, -0.05) is 5.16 Å². The number of hydrogen-bond acceptors (Lipinski definition) is 9. The minimum Gasteiger partial charge on any atom is -0.494 e. The molecule has 2 atom stereocenters. The fourth-order valence-corrected chi connectivity index (χ4v) is 4.34. The lowest BCUT2D eigenvalue weighted by molar-refractivity contribution is -0.177. The Morgan fingerprint density at radius 1 is 1.11 bits per heavy atom. The Bertz CT molecular complexity index is 1590. The van der Waals surface area contributed by atoms with Gasteiger partial charge in [0.2, 0.25) is 5.60 Å². The molecule has 0 bridgehead atoms. The summed E-state index contributed by atoms with van der Waals surface area (Å²) in [5, 5.41) is 14.4. The number of carbonyl (C=O) groups excluding carboxylic acids is 1. The SMILES string of the molecule is COc1cc(-c2cc(-c3cc([C@]4(O)C[C@@H](C(F)(F)F)N(C)C4=O)on3)c(F)cc2F)nc2c(N)ncnc12. The van der Waals surface area contributed by atoms with Gasteiger partial charge in [0.1, 0.15) is 46.5 Å². The molecule has 1 fully saturated rings. The number of aliphatic hydroxyl groups is 1. The van der Waals surface area contributed by atoms with Crippen LogP contribution < -0.4 is 10.5 Å². The van der Waals surface area contributed by atoms with Crippen molar-refractivity contribution in [2.45, 2.75) is 24.2 Å². The number of hydrogen-bond donors (Lipinski definition) is 2. The van der Waals surface area contributed by atoms with Crippen LogP contribution in [0.25, 0.3) is 33.5 Å². The smallest absolute Gasteiger partial charge is 0.408 e. The number of likely N-dealkylation sites (tertiary alicyclic amines) is 1. The summed E-state index contributed by atoms with van der Waals surface area (Å²) in [4.78, 5) is 25.0. The number of anilines is 1. The monoisotopic (exact) mass is 536 g/mol. The van der Waals surface area contributed by atoms with Gasteiger partial charge >= 0.3 is 6.18 Å². The summed E-state index contributed by atoms with van der Waals surface area (Å²) < 4.78 is 80.0. The molecule has 4 heterocycles. The number of nitrogen functional groups attached to an aromatic ring is 1. The normalized spacial score (nSPS) is 19.9. The average Bonchev–Trinajstić information content (AvgIpc) is 3.44. The van der Waals surface area contributed by atoms with Crippen molar-refractivity contribution in [2.24, 2.45) is 0 Å². The van der Waals surface area contributed by atoms with Gasteiger partial charge in [0, 0.05) is 42.8 Å². The minimum atomic E-state index is -4.81. The van der Waals surface area contributed by atoms with Gasteiger partial charge in [0.15, 0.2) is 11.6 Å². The molecule has 3 N–H and O–H groups in total. The Balaban J connectivity index is 1.59. The van der Waals surface area contributed by atoms with Crippen LogP contribution in [-0.4, -0.2) is 62.4 Å². The van der Waals surface area contributed by atoms with Gasteiger partial charge < -0.3 is 25.0 Å². The minimum absolute atomic E-state index is 0.0179. The fourth-order valence-electron chi connectivity index (χ4n) is 4.34. The summed E-state index contributed by atoms with van der Waals surface area (Å²) in [5.74, 6) is -3.85. The molecular weight excluding hydrogens is 519 g/mol. The zero-order chi connectivity index (χ0) is 27.6. The van der Waals surface area contributed by atoms with Gasteiger partial charge in [-0.25, -0.2) is 23.7 Å². The number of alkyl halides is 3. The summed E-state index contributed by atoms with van der Waals surface area (Å²) >= 11 is 0. The van der Waals surface area contributed by atoms with Gasteiger partial charge in [0.05, 0.1) is 12.8 Å². The number of carbonyl (C=O) groups is 1. The van der Waals surface area contributed by atoms with Gasteiger partial charge in [-0.3, -0.25) is 4.79 Å². The lowest BCUT2D eigenvalue weighted by Gasteiger charge is -2.21. The van der Waals surface area contributed by atoms with Crippen LogP contribution in [0, 0.1) is 11.6 Å². The first-order valence-corrected chi connectivity index (χ1v) is 10.8. The maximum atomic E-state index is 14.9. The van der Waals surface area contributed by atoms with Crippen molar-refractivity contribution in [1.29, 1.82) is 0 Å².